The highest BCUT2D eigenvalue weighted by Crippen LogP contribution is 2.25. The first kappa shape index (κ1) is 20.9. The topological polar surface area (TPSA) is 83.7 Å². The lowest BCUT2D eigenvalue weighted by atomic mass is 10.1. The van der Waals surface area contributed by atoms with E-state index in [2.05, 4.69) is 27.3 Å². The first-order chi connectivity index (χ1) is 15.0. The van der Waals surface area contributed by atoms with E-state index in [-0.39, 0.29) is 12.1 Å². The normalized spacial score (nSPS) is 15.5. The first-order valence-corrected chi connectivity index (χ1v) is 10.4. The van der Waals surface area contributed by atoms with Gasteiger partial charge in [0.25, 0.3) is 0 Å². The maximum Gasteiger partial charge on any atom is 0.322 e. The molecule has 31 heavy (non-hydrogen) atoms. The lowest BCUT2D eigenvalue weighted by molar-refractivity contribution is 0.104. The van der Waals surface area contributed by atoms with Gasteiger partial charge in [0.1, 0.15) is 5.75 Å². The number of rotatable bonds is 5. The zero-order chi connectivity index (χ0) is 21.8. The van der Waals surface area contributed by atoms with E-state index in [1.165, 1.54) is 5.56 Å². The van der Waals surface area contributed by atoms with Gasteiger partial charge in [-0.1, -0.05) is 47.1 Å². The number of nitrogens with zero attached hydrogens (tertiary/aromatic N) is 4. The number of aromatic nitrogens is 2. The van der Waals surface area contributed by atoms with Gasteiger partial charge in [-0.15, -0.1) is 0 Å². The fraction of sp³-hybridized carbons (Fsp3) is 0.348. The van der Waals surface area contributed by atoms with Gasteiger partial charge in [-0.05, 0) is 26.0 Å². The van der Waals surface area contributed by atoms with Gasteiger partial charge in [0.2, 0.25) is 11.7 Å². The van der Waals surface area contributed by atoms with E-state index in [4.69, 9.17) is 9.26 Å². The van der Waals surface area contributed by atoms with Crippen LogP contribution in [0.15, 0.2) is 53.1 Å². The number of urea groups is 1. The minimum atomic E-state index is -0.128. The molecule has 1 fully saturated rings. The molecule has 2 amide bonds. The minimum Gasteiger partial charge on any atom is -0.495 e. The van der Waals surface area contributed by atoms with Crippen molar-refractivity contribution >= 4 is 11.7 Å². The average molecular weight is 422 g/mol. The van der Waals surface area contributed by atoms with Crippen molar-refractivity contribution in [1.82, 2.24) is 19.9 Å². The van der Waals surface area contributed by atoms with E-state index in [0.717, 1.165) is 18.7 Å². The fourth-order valence-corrected chi connectivity index (χ4v) is 3.64. The summed E-state index contributed by atoms with van der Waals surface area (Å²) in [6.07, 6.45) is 0. The van der Waals surface area contributed by atoms with E-state index < -0.39 is 0 Å². The molecule has 1 aliphatic heterocycles. The van der Waals surface area contributed by atoms with Gasteiger partial charge >= 0.3 is 6.03 Å². The Bertz CT molecular complexity index is 1030. The molecule has 1 atom stereocenters. The SMILES string of the molecule is COc1ccccc1NC(=O)N1CCN(C(C)c2nc(-c3ccc(C)cc3)no2)CC1. The number of para-hydroxylation sites is 2. The summed E-state index contributed by atoms with van der Waals surface area (Å²) in [5, 5.41) is 7.07. The van der Waals surface area contributed by atoms with Crippen LogP contribution in [0.25, 0.3) is 11.4 Å². The largest absolute Gasteiger partial charge is 0.495 e. The maximum absolute atomic E-state index is 12.7. The Morgan fingerprint density at radius 3 is 2.52 bits per heavy atom. The van der Waals surface area contributed by atoms with E-state index in [1.807, 2.05) is 55.5 Å². The Balaban J connectivity index is 1.34. The number of hydrogen-bond donors (Lipinski definition) is 1. The Hall–Kier alpha value is -3.39. The number of ether oxygens (including phenoxy) is 1. The van der Waals surface area contributed by atoms with Crippen molar-refractivity contribution in [2.24, 2.45) is 0 Å². The monoisotopic (exact) mass is 421 g/mol. The van der Waals surface area contributed by atoms with Crippen molar-refractivity contribution in [3.05, 3.63) is 60.0 Å². The number of amides is 2. The molecular formula is C23H27N5O3. The Morgan fingerprint density at radius 1 is 1.10 bits per heavy atom. The second-order valence-corrected chi connectivity index (χ2v) is 7.65. The molecule has 1 unspecified atom stereocenters. The smallest absolute Gasteiger partial charge is 0.322 e. The highest BCUT2D eigenvalue weighted by atomic mass is 16.5. The molecule has 162 valence electrons. The third-order valence-corrected chi connectivity index (χ3v) is 5.61. The number of piperazine rings is 1. The zero-order valence-electron chi connectivity index (χ0n) is 18.0. The van der Waals surface area contributed by atoms with Crippen molar-refractivity contribution in [3.63, 3.8) is 0 Å². The number of methoxy groups -OCH3 is 1. The van der Waals surface area contributed by atoms with Crippen molar-refractivity contribution in [1.29, 1.82) is 0 Å². The van der Waals surface area contributed by atoms with Crippen LogP contribution in [-0.2, 0) is 0 Å². The van der Waals surface area contributed by atoms with E-state index in [1.54, 1.807) is 12.0 Å². The van der Waals surface area contributed by atoms with Crippen LogP contribution in [0.4, 0.5) is 10.5 Å². The van der Waals surface area contributed by atoms with Crippen LogP contribution in [0.5, 0.6) is 5.75 Å². The van der Waals surface area contributed by atoms with Crippen LogP contribution in [0, 0.1) is 6.92 Å². The lowest BCUT2D eigenvalue weighted by Crippen LogP contribution is -2.50. The van der Waals surface area contributed by atoms with Crippen molar-refractivity contribution in [2.75, 3.05) is 38.6 Å². The molecule has 0 bridgehead atoms. The first-order valence-electron chi connectivity index (χ1n) is 10.4. The molecule has 8 heteroatoms. The third kappa shape index (κ3) is 4.69. The van der Waals surface area contributed by atoms with Crippen LogP contribution < -0.4 is 10.1 Å². The highest BCUT2D eigenvalue weighted by molar-refractivity contribution is 5.91. The Labute approximate surface area is 181 Å². The summed E-state index contributed by atoms with van der Waals surface area (Å²) in [5.41, 5.74) is 2.79. The second kappa shape index (κ2) is 9.18. The summed E-state index contributed by atoms with van der Waals surface area (Å²) in [5.74, 6) is 1.82. The number of nitrogens with one attached hydrogen (secondary N) is 1. The second-order valence-electron chi connectivity index (χ2n) is 7.65. The predicted octanol–water partition coefficient (Wildman–Crippen LogP) is 3.96. The Kier molecular flexibility index (Phi) is 6.18. The van der Waals surface area contributed by atoms with Gasteiger partial charge in [0, 0.05) is 31.7 Å². The molecule has 0 aliphatic carbocycles. The molecule has 0 saturated carbocycles. The molecule has 1 aromatic heterocycles. The standard InChI is InChI=1S/C23H27N5O3/c1-16-8-10-18(11-9-16)21-25-22(31-26-21)17(2)27-12-14-28(15-13-27)23(29)24-19-6-4-5-7-20(19)30-3/h4-11,17H,12-15H2,1-3H3,(H,24,29). The van der Waals surface area contributed by atoms with E-state index in [0.29, 0.717) is 36.2 Å². The van der Waals surface area contributed by atoms with Crippen molar-refractivity contribution < 1.29 is 14.1 Å². The lowest BCUT2D eigenvalue weighted by Gasteiger charge is -2.36. The molecule has 1 N–H and O–H groups in total. The van der Waals surface area contributed by atoms with Crippen LogP contribution in [-0.4, -0.2) is 59.3 Å². The van der Waals surface area contributed by atoms with Gasteiger partial charge in [-0.2, -0.15) is 4.98 Å². The summed E-state index contributed by atoms with van der Waals surface area (Å²) in [6, 6.07) is 15.3. The molecular weight excluding hydrogens is 394 g/mol. The number of carbonyl (C=O) groups is 1. The molecule has 2 aromatic carbocycles. The van der Waals surface area contributed by atoms with Crippen molar-refractivity contribution in [2.45, 2.75) is 19.9 Å². The molecule has 0 spiro atoms. The zero-order valence-corrected chi connectivity index (χ0v) is 18.0. The average Bonchev–Trinajstić information content (AvgIpc) is 3.30. The number of carbonyl (C=O) groups excluding carboxylic acids is 1. The summed E-state index contributed by atoms with van der Waals surface area (Å²) >= 11 is 0. The maximum atomic E-state index is 12.7. The quantitative estimate of drug-likeness (QED) is 0.671. The molecule has 8 nitrogen and oxygen atoms in total. The predicted molar refractivity (Wildman–Crippen MR) is 118 cm³/mol. The van der Waals surface area contributed by atoms with Gasteiger partial charge < -0.3 is 19.5 Å². The van der Waals surface area contributed by atoms with E-state index in [9.17, 15) is 4.79 Å². The van der Waals surface area contributed by atoms with Gasteiger partial charge in [-0.25, -0.2) is 4.79 Å². The van der Waals surface area contributed by atoms with Crippen LogP contribution in [0.3, 0.4) is 0 Å². The third-order valence-electron chi connectivity index (χ3n) is 5.61. The molecule has 2 heterocycles. The molecule has 3 aromatic rings. The Morgan fingerprint density at radius 2 is 1.81 bits per heavy atom. The fourth-order valence-electron chi connectivity index (χ4n) is 3.64. The molecule has 4 rings (SSSR count). The summed E-state index contributed by atoms with van der Waals surface area (Å²) in [7, 11) is 1.59. The highest BCUT2D eigenvalue weighted by Gasteiger charge is 2.28. The van der Waals surface area contributed by atoms with E-state index >= 15 is 0 Å². The van der Waals surface area contributed by atoms with Gasteiger partial charge in [-0.3, -0.25) is 4.90 Å². The summed E-state index contributed by atoms with van der Waals surface area (Å²) < 4.78 is 10.8. The number of hydrogen-bond acceptors (Lipinski definition) is 6. The summed E-state index contributed by atoms with van der Waals surface area (Å²) in [4.78, 5) is 21.3. The minimum absolute atomic E-state index is 0.0221. The van der Waals surface area contributed by atoms with Crippen LogP contribution >= 0.6 is 0 Å². The van der Waals surface area contributed by atoms with Gasteiger partial charge in [0.15, 0.2) is 0 Å². The number of anilines is 1. The summed E-state index contributed by atoms with van der Waals surface area (Å²) in [6.45, 7) is 6.78. The number of aryl methyl sites for hydroxylation is 1. The van der Waals surface area contributed by atoms with Crippen LogP contribution in [0.1, 0.15) is 24.4 Å². The number of benzene rings is 2. The molecule has 0 radical (unpaired) electrons. The molecule has 1 aliphatic rings. The molecule has 1 saturated heterocycles. The van der Waals surface area contributed by atoms with Gasteiger partial charge in [0.05, 0.1) is 18.8 Å². The van der Waals surface area contributed by atoms with Crippen molar-refractivity contribution in [3.8, 4) is 17.1 Å². The van der Waals surface area contributed by atoms with Crippen LogP contribution in [0.2, 0.25) is 0 Å².